The number of nitrogens with two attached hydrogens (primary N) is 2. The van der Waals surface area contributed by atoms with Crippen molar-refractivity contribution in [3.05, 3.63) is 29.8 Å². The minimum atomic E-state index is -1.62. The lowest BCUT2D eigenvalue weighted by molar-refractivity contribution is -0.142. The Balaban J connectivity index is 3.05. The minimum absolute atomic E-state index is 0.0383. The van der Waals surface area contributed by atoms with Crippen LogP contribution in [0.4, 0.5) is 0 Å². The molecule has 0 saturated carbocycles. The van der Waals surface area contributed by atoms with Gasteiger partial charge in [-0.1, -0.05) is 26.0 Å². The maximum absolute atomic E-state index is 12.9. The van der Waals surface area contributed by atoms with Crippen LogP contribution in [0.25, 0.3) is 0 Å². The highest BCUT2D eigenvalue weighted by molar-refractivity contribution is 5.96. The molecule has 0 aliphatic rings. The van der Waals surface area contributed by atoms with Crippen molar-refractivity contribution in [2.24, 2.45) is 17.4 Å². The van der Waals surface area contributed by atoms with Crippen LogP contribution < -0.4 is 27.4 Å². The third kappa shape index (κ3) is 11.7. The van der Waals surface area contributed by atoms with Gasteiger partial charge in [0, 0.05) is 12.8 Å². The van der Waals surface area contributed by atoms with Gasteiger partial charge in [-0.25, -0.2) is 4.79 Å². The molecule has 210 valence electrons. The first kappa shape index (κ1) is 31.8. The Morgan fingerprint density at radius 2 is 1.37 bits per heavy atom. The van der Waals surface area contributed by atoms with Crippen molar-refractivity contribution in [2.45, 2.75) is 70.1 Å². The number of nitrogens with one attached hydrogen (secondary N) is 3. The van der Waals surface area contributed by atoms with E-state index in [9.17, 15) is 39.0 Å². The molecule has 0 aliphatic carbocycles. The van der Waals surface area contributed by atoms with Gasteiger partial charge in [0.2, 0.25) is 23.6 Å². The zero-order chi connectivity index (χ0) is 29.0. The van der Waals surface area contributed by atoms with Crippen LogP contribution in [0.15, 0.2) is 24.3 Å². The first-order chi connectivity index (χ1) is 17.7. The molecule has 0 aliphatic heterocycles. The quantitative estimate of drug-likeness (QED) is 0.122. The molecule has 14 heteroatoms. The highest BCUT2D eigenvalue weighted by Gasteiger charge is 2.31. The molecule has 0 bridgehead atoms. The van der Waals surface area contributed by atoms with Gasteiger partial charge < -0.3 is 42.7 Å². The van der Waals surface area contributed by atoms with Gasteiger partial charge in [0.25, 0.3) is 0 Å². The molecule has 0 spiro atoms. The van der Waals surface area contributed by atoms with Crippen molar-refractivity contribution in [1.29, 1.82) is 0 Å². The SMILES string of the molecule is CC(C)CC(N)C(=O)NC(CCC(=O)O)C(=O)NC(CC(N)=O)C(=O)NC(Cc1ccc(O)cc1)C(=O)O. The Morgan fingerprint density at radius 3 is 1.87 bits per heavy atom. The molecule has 10 N–H and O–H groups in total. The number of amides is 4. The lowest BCUT2D eigenvalue weighted by atomic mass is 10.0. The van der Waals surface area contributed by atoms with Gasteiger partial charge in [0.1, 0.15) is 23.9 Å². The summed E-state index contributed by atoms with van der Waals surface area (Å²) in [6.07, 6.45) is -1.42. The molecule has 4 unspecified atom stereocenters. The number of benzene rings is 1. The zero-order valence-electron chi connectivity index (χ0n) is 21.2. The van der Waals surface area contributed by atoms with E-state index in [2.05, 4.69) is 16.0 Å². The largest absolute Gasteiger partial charge is 0.508 e. The third-order valence-electron chi connectivity index (χ3n) is 5.37. The lowest BCUT2D eigenvalue weighted by Gasteiger charge is -2.25. The van der Waals surface area contributed by atoms with Crippen LogP contribution in [0.5, 0.6) is 5.75 Å². The molecule has 0 heterocycles. The summed E-state index contributed by atoms with van der Waals surface area (Å²) < 4.78 is 0. The fourth-order valence-electron chi connectivity index (χ4n) is 3.45. The minimum Gasteiger partial charge on any atom is -0.508 e. The number of phenols is 1. The van der Waals surface area contributed by atoms with Crippen molar-refractivity contribution >= 4 is 35.6 Å². The number of carboxylic acid groups (broad SMARTS) is 2. The van der Waals surface area contributed by atoms with Crippen LogP contribution in [0.3, 0.4) is 0 Å². The molecule has 0 radical (unpaired) electrons. The van der Waals surface area contributed by atoms with Crippen LogP contribution in [0.1, 0.15) is 45.1 Å². The Morgan fingerprint density at radius 1 is 0.842 bits per heavy atom. The average molecular weight is 538 g/mol. The van der Waals surface area contributed by atoms with Gasteiger partial charge >= 0.3 is 11.9 Å². The number of carbonyl (C=O) groups excluding carboxylic acids is 4. The number of rotatable bonds is 16. The molecule has 4 amide bonds. The number of aliphatic carboxylic acids is 2. The number of hydrogen-bond donors (Lipinski definition) is 8. The Hall–Kier alpha value is -4.20. The fraction of sp³-hybridized carbons (Fsp3) is 0.500. The molecule has 1 rings (SSSR count). The smallest absolute Gasteiger partial charge is 0.326 e. The predicted octanol–water partition coefficient (Wildman–Crippen LogP) is -1.41. The van der Waals surface area contributed by atoms with E-state index in [4.69, 9.17) is 16.6 Å². The van der Waals surface area contributed by atoms with E-state index in [1.54, 1.807) is 0 Å². The monoisotopic (exact) mass is 537 g/mol. The summed E-state index contributed by atoms with van der Waals surface area (Å²) in [5.41, 5.74) is 11.5. The first-order valence-corrected chi connectivity index (χ1v) is 11.9. The topological polar surface area (TPSA) is 251 Å². The zero-order valence-corrected chi connectivity index (χ0v) is 21.2. The van der Waals surface area contributed by atoms with E-state index in [0.29, 0.717) is 12.0 Å². The van der Waals surface area contributed by atoms with Gasteiger partial charge in [-0.05, 0) is 36.5 Å². The molecule has 4 atom stereocenters. The lowest BCUT2D eigenvalue weighted by Crippen LogP contribution is -2.58. The Labute approximate surface area is 219 Å². The summed E-state index contributed by atoms with van der Waals surface area (Å²) >= 11 is 0. The molecule has 0 aromatic heterocycles. The van der Waals surface area contributed by atoms with E-state index >= 15 is 0 Å². The van der Waals surface area contributed by atoms with Gasteiger partial charge in [-0.3, -0.25) is 24.0 Å². The van der Waals surface area contributed by atoms with Crippen LogP contribution in [-0.2, 0) is 35.2 Å². The second-order valence-electron chi connectivity index (χ2n) is 9.23. The van der Waals surface area contributed by atoms with Crippen molar-refractivity contribution in [1.82, 2.24) is 16.0 Å². The molecule has 38 heavy (non-hydrogen) atoms. The molecular weight excluding hydrogens is 502 g/mol. The van der Waals surface area contributed by atoms with E-state index < -0.39 is 72.6 Å². The molecule has 1 aromatic rings. The second-order valence-corrected chi connectivity index (χ2v) is 9.23. The standard InChI is InChI=1S/C24H35N5O9/c1-12(2)9-15(25)21(34)27-16(7-8-20(32)33)22(35)28-17(11-19(26)31)23(36)29-18(24(37)38)10-13-3-5-14(30)6-4-13/h3-6,12,15-18,30H,7-11,25H2,1-2H3,(H2,26,31)(H,27,34)(H,28,35)(H,29,36)(H,32,33)(H,37,38). The number of phenolic OH excluding ortho intramolecular Hbond substituents is 1. The summed E-state index contributed by atoms with van der Waals surface area (Å²) in [4.78, 5) is 72.6. The number of carboxylic acids is 2. The fourth-order valence-corrected chi connectivity index (χ4v) is 3.45. The van der Waals surface area contributed by atoms with Crippen LogP contribution >= 0.6 is 0 Å². The maximum atomic E-state index is 12.9. The van der Waals surface area contributed by atoms with Crippen molar-refractivity contribution in [3.8, 4) is 5.75 Å². The number of primary amides is 1. The van der Waals surface area contributed by atoms with Crippen molar-refractivity contribution in [3.63, 3.8) is 0 Å². The third-order valence-corrected chi connectivity index (χ3v) is 5.37. The van der Waals surface area contributed by atoms with Gasteiger partial charge in [0.05, 0.1) is 12.5 Å². The predicted molar refractivity (Wildman–Crippen MR) is 133 cm³/mol. The highest BCUT2D eigenvalue weighted by Crippen LogP contribution is 2.12. The van der Waals surface area contributed by atoms with Gasteiger partial charge in [0.15, 0.2) is 0 Å². The van der Waals surface area contributed by atoms with E-state index in [1.807, 2.05) is 13.8 Å². The summed E-state index contributed by atoms with van der Waals surface area (Å²) in [5.74, 6) is -6.33. The number of carbonyl (C=O) groups is 6. The van der Waals surface area contributed by atoms with E-state index in [1.165, 1.54) is 24.3 Å². The van der Waals surface area contributed by atoms with Crippen LogP contribution in [0, 0.1) is 5.92 Å². The summed E-state index contributed by atoms with van der Waals surface area (Å²) in [6.45, 7) is 3.67. The van der Waals surface area contributed by atoms with E-state index in [0.717, 1.165) is 0 Å². The van der Waals surface area contributed by atoms with Gasteiger partial charge in [-0.2, -0.15) is 0 Å². The van der Waals surface area contributed by atoms with Crippen LogP contribution in [0.2, 0.25) is 0 Å². The van der Waals surface area contributed by atoms with Crippen LogP contribution in [-0.4, -0.2) is 75.1 Å². The number of hydrogen-bond acceptors (Lipinski definition) is 8. The molecule has 14 nitrogen and oxygen atoms in total. The molecule has 1 aromatic carbocycles. The average Bonchev–Trinajstić information content (AvgIpc) is 2.80. The Bertz CT molecular complexity index is 1010. The maximum Gasteiger partial charge on any atom is 0.326 e. The van der Waals surface area contributed by atoms with Gasteiger partial charge in [-0.15, -0.1) is 0 Å². The van der Waals surface area contributed by atoms with E-state index in [-0.39, 0.29) is 24.5 Å². The molecule has 0 saturated heterocycles. The second kappa shape index (κ2) is 15.1. The highest BCUT2D eigenvalue weighted by atomic mass is 16.4. The number of aromatic hydroxyl groups is 1. The van der Waals surface area contributed by atoms with Crippen molar-refractivity contribution in [2.75, 3.05) is 0 Å². The summed E-state index contributed by atoms with van der Waals surface area (Å²) in [5, 5.41) is 34.8. The Kier molecular flexibility index (Phi) is 12.7. The summed E-state index contributed by atoms with van der Waals surface area (Å²) in [7, 11) is 0. The molecule has 0 fully saturated rings. The normalized spacial score (nSPS) is 14.0. The molecular formula is C24H35N5O9. The van der Waals surface area contributed by atoms with Crippen molar-refractivity contribution < 1.29 is 44.1 Å². The summed E-state index contributed by atoms with van der Waals surface area (Å²) in [6, 6.07) is 0.129. The first-order valence-electron chi connectivity index (χ1n) is 11.9.